The van der Waals surface area contributed by atoms with Gasteiger partial charge in [0.25, 0.3) is 0 Å². The fraction of sp³-hybridized carbons (Fsp3) is 0.235. The summed E-state index contributed by atoms with van der Waals surface area (Å²) in [7, 11) is -3.61. The van der Waals surface area contributed by atoms with Gasteiger partial charge in [-0.25, -0.2) is 12.8 Å². The van der Waals surface area contributed by atoms with Gasteiger partial charge in [0, 0.05) is 11.8 Å². The Hall–Kier alpha value is -2.01. The maximum Gasteiger partial charge on any atom is 0.182 e. The first-order valence-electron chi connectivity index (χ1n) is 6.96. The molecule has 3 atom stereocenters. The van der Waals surface area contributed by atoms with Gasteiger partial charge in [0.15, 0.2) is 9.84 Å². The molecule has 3 nitrogen and oxygen atoms in total. The molecule has 0 unspecified atom stereocenters. The van der Waals surface area contributed by atoms with Gasteiger partial charge in [0.05, 0.1) is 10.1 Å². The maximum absolute atomic E-state index is 13.3. The van der Waals surface area contributed by atoms with Crippen LogP contribution in [0.15, 0.2) is 53.4 Å². The van der Waals surface area contributed by atoms with Crippen molar-refractivity contribution in [3.63, 3.8) is 0 Å². The van der Waals surface area contributed by atoms with E-state index >= 15 is 0 Å². The van der Waals surface area contributed by atoms with Crippen molar-refractivity contribution in [2.45, 2.75) is 23.0 Å². The van der Waals surface area contributed by atoms with Crippen LogP contribution < -0.4 is 0 Å². The normalized spacial score (nSPS) is 24.0. The van der Waals surface area contributed by atoms with E-state index in [-0.39, 0.29) is 4.90 Å². The Morgan fingerprint density at radius 2 is 1.77 bits per heavy atom. The van der Waals surface area contributed by atoms with Crippen molar-refractivity contribution in [3.05, 3.63) is 65.5 Å². The Bertz CT molecular complexity index is 812. The summed E-state index contributed by atoms with van der Waals surface area (Å²) in [5.74, 6) is -1.52. The molecule has 0 amide bonds. The van der Waals surface area contributed by atoms with Gasteiger partial charge in [0.1, 0.15) is 12.1 Å². The number of aryl methyl sites for hydroxylation is 1. The molecule has 114 valence electrons. The number of sulfone groups is 1. The molecule has 0 heterocycles. The van der Waals surface area contributed by atoms with Crippen molar-refractivity contribution in [2.75, 3.05) is 0 Å². The molecule has 22 heavy (non-hydrogen) atoms. The second-order valence-electron chi connectivity index (χ2n) is 5.62. The average molecular weight is 318 g/mol. The van der Waals surface area contributed by atoms with Crippen LogP contribution in [0.3, 0.4) is 0 Å². The second-order valence-corrected chi connectivity index (χ2v) is 7.72. The second kappa shape index (κ2) is 5.32. The SMILES string of the molecule is Cc1ccc(S(=O)(=O)[C@@H]2[C@H](C=O)[C@H]2c2cccc(F)c2)cc1. The lowest BCUT2D eigenvalue weighted by Crippen LogP contribution is -2.11. The summed E-state index contributed by atoms with van der Waals surface area (Å²) in [5.41, 5.74) is 1.51. The highest BCUT2D eigenvalue weighted by Gasteiger charge is 2.59. The first-order valence-corrected chi connectivity index (χ1v) is 8.51. The van der Waals surface area contributed by atoms with Gasteiger partial charge in [-0.1, -0.05) is 29.8 Å². The van der Waals surface area contributed by atoms with Crippen molar-refractivity contribution in [3.8, 4) is 0 Å². The molecule has 0 saturated heterocycles. The van der Waals surface area contributed by atoms with Gasteiger partial charge in [-0.3, -0.25) is 0 Å². The Balaban J connectivity index is 1.97. The molecule has 2 aromatic carbocycles. The third-order valence-corrected chi connectivity index (χ3v) is 6.36. The fourth-order valence-electron chi connectivity index (χ4n) is 2.88. The molecular formula is C17H15FO3S. The lowest BCUT2D eigenvalue weighted by molar-refractivity contribution is -0.108. The van der Waals surface area contributed by atoms with Crippen LogP contribution in [0.4, 0.5) is 4.39 Å². The van der Waals surface area contributed by atoms with Crippen LogP contribution in [-0.2, 0) is 14.6 Å². The minimum atomic E-state index is -3.61. The third kappa shape index (κ3) is 2.46. The van der Waals surface area contributed by atoms with Gasteiger partial charge in [-0.15, -0.1) is 0 Å². The van der Waals surface area contributed by atoms with E-state index in [0.29, 0.717) is 11.8 Å². The zero-order chi connectivity index (χ0) is 15.9. The topological polar surface area (TPSA) is 51.2 Å². The fourth-order valence-corrected chi connectivity index (χ4v) is 4.99. The Kier molecular flexibility index (Phi) is 3.60. The smallest absolute Gasteiger partial charge is 0.182 e. The van der Waals surface area contributed by atoms with Crippen LogP contribution in [-0.4, -0.2) is 20.0 Å². The van der Waals surface area contributed by atoms with E-state index in [0.717, 1.165) is 5.56 Å². The van der Waals surface area contributed by atoms with E-state index in [1.165, 1.54) is 18.2 Å². The van der Waals surface area contributed by atoms with Gasteiger partial charge in [-0.2, -0.15) is 0 Å². The molecule has 1 fully saturated rings. The highest BCUT2D eigenvalue weighted by molar-refractivity contribution is 7.92. The molecular weight excluding hydrogens is 303 g/mol. The first kappa shape index (κ1) is 14.9. The minimum Gasteiger partial charge on any atom is -0.303 e. The van der Waals surface area contributed by atoms with E-state index in [4.69, 9.17) is 0 Å². The van der Waals surface area contributed by atoms with Gasteiger partial charge in [0.2, 0.25) is 0 Å². The van der Waals surface area contributed by atoms with Crippen molar-refractivity contribution in [1.29, 1.82) is 0 Å². The lowest BCUT2D eigenvalue weighted by atomic mass is 10.1. The Morgan fingerprint density at radius 1 is 1.09 bits per heavy atom. The number of carbonyl (C=O) groups excluding carboxylic acids is 1. The summed E-state index contributed by atoms with van der Waals surface area (Å²) in [6, 6.07) is 12.3. The molecule has 0 aliphatic heterocycles. The summed E-state index contributed by atoms with van der Waals surface area (Å²) in [6.07, 6.45) is 0.659. The van der Waals surface area contributed by atoms with Gasteiger partial charge >= 0.3 is 0 Å². The van der Waals surface area contributed by atoms with Crippen molar-refractivity contribution in [1.82, 2.24) is 0 Å². The minimum absolute atomic E-state index is 0.203. The van der Waals surface area contributed by atoms with Gasteiger partial charge < -0.3 is 4.79 Å². The Labute approximate surface area is 128 Å². The summed E-state index contributed by atoms with van der Waals surface area (Å²) in [6.45, 7) is 1.87. The van der Waals surface area contributed by atoms with Crippen LogP contribution in [0, 0.1) is 18.7 Å². The molecule has 2 aromatic rings. The molecule has 5 heteroatoms. The summed E-state index contributed by atoms with van der Waals surface area (Å²) < 4.78 is 38.7. The molecule has 0 radical (unpaired) electrons. The van der Waals surface area contributed by atoms with E-state index in [1.54, 1.807) is 30.3 Å². The highest BCUT2D eigenvalue weighted by Crippen LogP contribution is 2.52. The first-order chi connectivity index (χ1) is 10.4. The van der Waals surface area contributed by atoms with Crippen LogP contribution in [0.2, 0.25) is 0 Å². The zero-order valence-corrected chi connectivity index (χ0v) is 12.8. The number of carbonyl (C=O) groups is 1. The number of halogens is 1. The summed E-state index contributed by atoms with van der Waals surface area (Å²) >= 11 is 0. The Morgan fingerprint density at radius 3 is 2.36 bits per heavy atom. The van der Waals surface area contributed by atoms with Crippen LogP contribution in [0.25, 0.3) is 0 Å². The van der Waals surface area contributed by atoms with E-state index in [1.807, 2.05) is 6.92 Å². The molecule has 0 bridgehead atoms. The molecule has 1 aliphatic rings. The third-order valence-electron chi connectivity index (χ3n) is 4.11. The standard InChI is InChI=1S/C17H15FO3S/c1-11-5-7-14(8-6-11)22(20,21)17-15(10-19)16(17)12-3-2-4-13(18)9-12/h2-10,15-17H,1H3/t15-,16-,17-/m1/s1. The summed E-state index contributed by atoms with van der Waals surface area (Å²) in [5, 5.41) is -0.811. The maximum atomic E-state index is 13.3. The number of hydrogen-bond donors (Lipinski definition) is 0. The number of benzene rings is 2. The summed E-state index contributed by atoms with van der Waals surface area (Å²) in [4.78, 5) is 11.4. The zero-order valence-electron chi connectivity index (χ0n) is 11.9. The molecule has 0 aromatic heterocycles. The molecule has 3 rings (SSSR count). The van der Waals surface area contributed by atoms with Crippen molar-refractivity contribution >= 4 is 16.1 Å². The average Bonchev–Trinajstić information content (AvgIpc) is 3.23. The predicted octanol–water partition coefficient (Wildman–Crippen LogP) is 2.89. The van der Waals surface area contributed by atoms with Crippen LogP contribution in [0.5, 0.6) is 0 Å². The van der Waals surface area contributed by atoms with E-state index in [2.05, 4.69) is 0 Å². The molecule has 0 spiro atoms. The van der Waals surface area contributed by atoms with Crippen molar-refractivity contribution < 1.29 is 17.6 Å². The molecule has 1 aliphatic carbocycles. The van der Waals surface area contributed by atoms with Crippen molar-refractivity contribution in [2.24, 2.45) is 5.92 Å². The number of rotatable bonds is 4. The largest absolute Gasteiger partial charge is 0.303 e. The highest BCUT2D eigenvalue weighted by atomic mass is 32.2. The quantitative estimate of drug-likeness (QED) is 0.815. The van der Waals surface area contributed by atoms with Gasteiger partial charge in [-0.05, 0) is 36.8 Å². The monoisotopic (exact) mass is 318 g/mol. The molecule has 1 saturated carbocycles. The molecule has 0 N–H and O–H groups in total. The van der Waals surface area contributed by atoms with Crippen LogP contribution in [0.1, 0.15) is 17.0 Å². The van der Waals surface area contributed by atoms with E-state index in [9.17, 15) is 17.6 Å². The van der Waals surface area contributed by atoms with Crippen LogP contribution >= 0.6 is 0 Å². The van der Waals surface area contributed by atoms with E-state index < -0.39 is 32.7 Å². The number of hydrogen-bond acceptors (Lipinski definition) is 3. The predicted molar refractivity (Wildman–Crippen MR) is 80.8 cm³/mol. The number of aldehydes is 1. The lowest BCUT2D eigenvalue weighted by Gasteiger charge is -2.05.